The van der Waals surface area contributed by atoms with Crippen LogP contribution in [0.5, 0.6) is 0 Å². The van der Waals surface area contributed by atoms with Gasteiger partial charge in [0.1, 0.15) is 9.90 Å². The van der Waals surface area contributed by atoms with E-state index < -0.39 is 16.8 Å². The molecule has 10 heteroatoms. The second-order valence-electron chi connectivity index (χ2n) is 6.67. The summed E-state index contributed by atoms with van der Waals surface area (Å²) in [5.74, 6) is -0.879. The molecule has 1 heterocycles. The van der Waals surface area contributed by atoms with Crippen LogP contribution in [0, 0.1) is 17.0 Å². The van der Waals surface area contributed by atoms with Gasteiger partial charge in [0, 0.05) is 17.7 Å². The Morgan fingerprint density at radius 1 is 1.38 bits per heavy atom. The predicted octanol–water partition coefficient (Wildman–Crippen LogP) is 4.78. The maximum absolute atomic E-state index is 13.3. The lowest BCUT2D eigenvalue weighted by atomic mass is 10.1. The lowest BCUT2D eigenvalue weighted by molar-refractivity contribution is -0.384. The second kappa shape index (κ2) is 8.87. The first-order chi connectivity index (χ1) is 13.8. The number of esters is 1. The number of ether oxygens (including phenoxy) is 1. The molecule has 1 aliphatic carbocycles. The van der Waals surface area contributed by atoms with E-state index in [9.17, 15) is 19.7 Å². The van der Waals surface area contributed by atoms with Crippen molar-refractivity contribution in [1.82, 2.24) is 4.98 Å². The van der Waals surface area contributed by atoms with Crippen molar-refractivity contribution in [3.05, 3.63) is 49.5 Å². The number of nitro groups is 1. The van der Waals surface area contributed by atoms with Gasteiger partial charge in [-0.3, -0.25) is 19.8 Å². The Morgan fingerprint density at radius 3 is 2.69 bits per heavy atom. The molecular weight excluding hydrogens is 418 g/mol. The minimum Gasteiger partial charge on any atom is -0.462 e. The van der Waals surface area contributed by atoms with Gasteiger partial charge in [0.05, 0.1) is 17.2 Å². The Balaban J connectivity index is 2.02. The summed E-state index contributed by atoms with van der Waals surface area (Å²) in [4.78, 5) is 42.5. The van der Waals surface area contributed by atoms with E-state index in [-0.39, 0.29) is 28.9 Å². The van der Waals surface area contributed by atoms with E-state index in [0.717, 1.165) is 37.0 Å². The van der Waals surface area contributed by atoms with Crippen LogP contribution < -0.4 is 4.90 Å². The number of amides is 1. The van der Waals surface area contributed by atoms with Gasteiger partial charge < -0.3 is 4.74 Å². The van der Waals surface area contributed by atoms with Crippen LogP contribution in [0.3, 0.4) is 0 Å². The summed E-state index contributed by atoms with van der Waals surface area (Å²) >= 11 is 6.98. The van der Waals surface area contributed by atoms with Crippen LogP contribution in [-0.2, 0) is 4.74 Å². The van der Waals surface area contributed by atoms with Crippen LogP contribution in [0.1, 0.15) is 58.3 Å². The quantitative estimate of drug-likeness (QED) is 0.366. The van der Waals surface area contributed by atoms with E-state index in [1.165, 1.54) is 18.2 Å². The van der Waals surface area contributed by atoms with Gasteiger partial charge in [0.25, 0.3) is 11.6 Å². The van der Waals surface area contributed by atoms with Crippen LogP contribution in [0.2, 0.25) is 5.02 Å². The van der Waals surface area contributed by atoms with Crippen molar-refractivity contribution in [2.45, 2.75) is 45.6 Å². The number of nitrogens with zero attached hydrogens (tertiary/aromatic N) is 3. The van der Waals surface area contributed by atoms with Crippen molar-refractivity contribution < 1.29 is 19.2 Å². The molecule has 1 amide bonds. The molecule has 0 bridgehead atoms. The number of hydrogen-bond donors (Lipinski definition) is 0. The smallest absolute Gasteiger partial charge is 0.350 e. The van der Waals surface area contributed by atoms with E-state index >= 15 is 0 Å². The van der Waals surface area contributed by atoms with E-state index in [2.05, 4.69) is 4.98 Å². The molecule has 0 aliphatic heterocycles. The molecule has 2 aromatic rings. The SMILES string of the molecule is CCOC(=O)c1sc(N(C(=O)c2ccc(Cl)c([N+](=O)[O-])c2)C2CCCC2)nc1C. The topological polar surface area (TPSA) is 103 Å². The maximum atomic E-state index is 13.3. The molecule has 1 aromatic carbocycles. The van der Waals surface area contributed by atoms with Gasteiger partial charge in [-0.25, -0.2) is 9.78 Å². The standard InChI is InChI=1S/C19H20ClN3O5S/c1-3-28-18(25)16-11(2)21-19(29-16)22(13-6-4-5-7-13)17(24)12-8-9-14(20)15(10-12)23(26)27/h8-10,13H,3-7H2,1-2H3. The molecule has 1 fully saturated rings. The number of aromatic nitrogens is 1. The number of halogens is 1. The Labute approximate surface area is 176 Å². The minimum atomic E-state index is -0.620. The average molecular weight is 438 g/mol. The zero-order chi connectivity index (χ0) is 21.1. The molecule has 0 radical (unpaired) electrons. The Kier molecular flexibility index (Phi) is 6.49. The highest BCUT2D eigenvalue weighted by atomic mass is 35.5. The molecule has 29 heavy (non-hydrogen) atoms. The van der Waals surface area contributed by atoms with Crippen molar-refractivity contribution in [1.29, 1.82) is 0 Å². The van der Waals surface area contributed by atoms with Crippen LogP contribution in [0.4, 0.5) is 10.8 Å². The molecule has 1 aromatic heterocycles. The predicted molar refractivity (Wildman–Crippen MR) is 110 cm³/mol. The van der Waals surface area contributed by atoms with Crippen molar-refractivity contribution >= 4 is 45.6 Å². The maximum Gasteiger partial charge on any atom is 0.350 e. The van der Waals surface area contributed by atoms with E-state index in [1.54, 1.807) is 18.7 Å². The van der Waals surface area contributed by atoms with Crippen molar-refractivity contribution in [3.8, 4) is 0 Å². The highest BCUT2D eigenvalue weighted by molar-refractivity contribution is 7.17. The fourth-order valence-corrected chi connectivity index (χ4v) is 4.58. The second-order valence-corrected chi connectivity index (χ2v) is 8.05. The number of carbonyl (C=O) groups excluding carboxylic acids is 2. The highest BCUT2D eigenvalue weighted by Crippen LogP contribution is 2.35. The van der Waals surface area contributed by atoms with Gasteiger partial charge >= 0.3 is 5.97 Å². The summed E-state index contributed by atoms with van der Waals surface area (Å²) in [6.45, 7) is 3.65. The summed E-state index contributed by atoms with van der Waals surface area (Å²) in [7, 11) is 0. The number of thiazole rings is 1. The lowest BCUT2D eigenvalue weighted by Crippen LogP contribution is -2.39. The van der Waals surface area contributed by atoms with Gasteiger partial charge in [-0.05, 0) is 38.8 Å². The molecule has 8 nitrogen and oxygen atoms in total. The summed E-state index contributed by atoms with van der Waals surface area (Å²) in [6.07, 6.45) is 3.55. The van der Waals surface area contributed by atoms with Crippen LogP contribution in [0.15, 0.2) is 18.2 Å². The van der Waals surface area contributed by atoms with Gasteiger partial charge in [-0.15, -0.1) is 0 Å². The van der Waals surface area contributed by atoms with Crippen LogP contribution in [0.25, 0.3) is 0 Å². The molecule has 154 valence electrons. The first kappa shape index (κ1) is 21.2. The lowest BCUT2D eigenvalue weighted by Gasteiger charge is -2.26. The largest absolute Gasteiger partial charge is 0.462 e. The highest BCUT2D eigenvalue weighted by Gasteiger charge is 2.33. The number of aryl methyl sites for hydroxylation is 1. The molecule has 3 rings (SSSR count). The fraction of sp³-hybridized carbons (Fsp3) is 0.421. The van der Waals surface area contributed by atoms with Crippen LogP contribution in [-0.4, -0.2) is 34.4 Å². The summed E-state index contributed by atoms with van der Waals surface area (Å²) in [5, 5.41) is 11.6. The number of hydrogen-bond acceptors (Lipinski definition) is 7. The first-order valence-electron chi connectivity index (χ1n) is 9.25. The Bertz CT molecular complexity index is 955. The summed E-state index contributed by atoms with van der Waals surface area (Å²) in [6, 6.07) is 3.90. The summed E-state index contributed by atoms with van der Waals surface area (Å²) in [5.41, 5.74) is 0.311. The van der Waals surface area contributed by atoms with Gasteiger partial charge in [0.2, 0.25) is 0 Å². The van der Waals surface area contributed by atoms with E-state index in [1.807, 2.05) is 0 Å². The molecule has 0 atom stereocenters. The Hall–Kier alpha value is -2.52. The monoisotopic (exact) mass is 437 g/mol. The van der Waals surface area contributed by atoms with Gasteiger partial charge in [-0.2, -0.15) is 0 Å². The number of anilines is 1. The van der Waals surface area contributed by atoms with E-state index in [0.29, 0.717) is 15.7 Å². The molecule has 0 saturated heterocycles. The minimum absolute atomic E-state index is 0.0337. The number of carbonyl (C=O) groups is 2. The molecule has 0 spiro atoms. The van der Waals surface area contributed by atoms with Gasteiger partial charge in [0.15, 0.2) is 5.13 Å². The zero-order valence-electron chi connectivity index (χ0n) is 16.0. The molecule has 0 unspecified atom stereocenters. The summed E-state index contributed by atoms with van der Waals surface area (Å²) < 4.78 is 5.07. The first-order valence-corrected chi connectivity index (χ1v) is 10.4. The third kappa shape index (κ3) is 4.40. The molecule has 1 saturated carbocycles. The number of rotatable bonds is 6. The molecular formula is C19H20ClN3O5S. The Morgan fingerprint density at radius 2 is 2.07 bits per heavy atom. The van der Waals surface area contributed by atoms with Gasteiger partial charge in [-0.1, -0.05) is 35.8 Å². The van der Waals surface area contributed by atoms with Crippen molar-refractivity contribution in [3.63, 3.8) is 0 Å². The fourth-order valence-electron chi connectivity index (χ4n) is 3.37. The number of nitro benzene ring substituents is 1. The molecule has 1 aliphatic rings. The third-order valence-electron chi connectivity index (χ3n) is 4.75. The zero-order valence-corrected chi connectivity index (χ0v) is 17.6. The van der Waals surface area contributed by atoms with Crippen molar-refractivity contribution in [2.24, 2.45) is 0 Å². The average Bonchev–Trinajstić information content (AvgIpc) is 3.32. The number of benzene rings is 1. The normalized spacial score (nSPS) is 14.0. The third-order valence-corrected chi connectivity index (χ3v) is 6.21. The van der Waals surface area contributed by atoms with Crippen molar-refractivity contribution in [2.75, 3.05) is 11.5 Å². The van der Waals surface area contributed by atoms with Crippen LogP contribution >= 0.6 is 22.9 Å². The van der Waals surface area contributed by atoms with E-state index in [4.69, 9.17) is 16.3 Å². The molecule has 0 N–H and O–H groups in total.